The number of aromatic nitrogens is 2. The quantitative estimate of drug-likeness (QED) is 0.136. The number of para-hydroxylation sites is 1. The molecule has 0 bridgehead atoms. The van der Waals surface area contributed by atoms with Crippen molar-refractivity contribution in [3.05, 3.63) is 101 Å². The first-order valence-electron chi connectivity index (χ1n) is 18.3. The zero-order valence-electron chi connectivity index (χ0n) is 29.7. The van der Waals surface area contributed by atoms with Gasteiger partial charge in [0, 0.05) is 56.4 Å². The van der Waals surface area contributed by atoms with Crippen LogP contribution in [0.3, 0.4) is 0 Å². The fourth-order valence-corrected chi connectivity index (χ4v) is 7.90. The number of nitrogens with two attached hydrogens (primary N) is 1. The molecule has 4 amide bonds. The first kappa shape index (κ1) is 34.9. The van der Waals surface area contributed by atoms with Crippen molar-refractivity contribution in [1.29, 1.82) is 5.41 Å². The summed E-state index contributed by atoms with van der Waals surface area (Å²) in [5.74, 6) is 0.656. The third-order valence-corrected chi connectivity index (χ3v) is 10.8. The average molecular weight is 728 g/mol. The van der Waals surface area contributed by atoms with Gasteiger partial charge in [0.1, 0.15) is 35.5 Å². The number of rotatable bonds is 10. The molecule has 4 aliphatic rings. The van der Waals surface area contributed by atoms with Crippen molar-refractivity contribution in [2.75, 3.05) is 48.7 Å². The summed E-state index contributed by atoms with van der Waals surface area (Å²) in [5, 5.41) is 14.8. The molecule has 2 unspecified atom stereocenters. The van der Waals surface area contributed by atoms with Crippen LogP contribution >= 0.6 is 0 Å². The first-order chi connectivity index (χ1) is 26.2. The summed E-state index contributed by atoms with van der Waals surface area (Å²) in [6, 6.07) is 21.4. The fraction of sp³-hybridized carbons (Fsp3) is 0.325. The standard InChI is InChI=1S/C40H41N9O5/c41-35(25-6-9-29(10-7-25)54-28-4-2-1-3-5-28)34-36(42)43-23-44-37(34)45-26-15-17-47(18-16-26)21-24-14-19-48(22-24)27-8-11-30-31(20-27)40(53)49(39(30)52)32-12-13-33(50)46-38(32)51/h1-11,20,23-24,26,32,41H,12-19,21-22H2,(H,46,50,51)(H3,42,43,44,45). The number of piperidine rings is 2. The summed E-state index contributed by atoms with van der Waals surface area (Å²) in [5.41, 5.74) is 9.18. The predicted molar refractivity (Wildman–Crippen MR) is 202 cm³/mol. The molecule has 1 aromatic heterocycles. The predicted octanol–water partition coefficient (Wildman–Crippen LogP) is 4.07. The van der Waals surface area contributed by atoms with Gasteiger partial charge in [-0.25, -0.2) is 9.97 Å². The maximum absolute atomic E-state index is 13.3. The normalized spacial score (nSPS) is 20.6. The Morgan fingerprint density at radius 2 is 1.61 bits per heavy atom. The van der Waals surface area contributed by atoms with Gasteiger partial charge >= 0.3 is 0 Å². The highest BCUT2D eigenvalue weighted by molar-refractivity contribution is 6.23. The number of carbonyl (C=O) groups is 4. The topological polar surface area (TPSA) is 187 Å². The lowest BCUT2D eigenvalue weighted by molar-refractivity contribution is -0.136. The number of fused-ring (bicyclic) bond motifs is 1. The highest BCUT2D eigenvalue weighted by Gasteiger charge is 2.45. The van der Waals surface area contributed by atoms with Crippen molar-refractivity contribution in [1.82, 2.24) is 25.1 Å². The Kier molecular flexibility index (Phi) is 9.50. The molecule has 2 atom stereocenters. The SMILES string of the molecule is N=C(c1ccc(Oc2ccccc2)cc1)c1c(N)ncnc1NC1CCN(CC2CCN(c3ccc4c(c3)C(=O)N(C3CCC(=O)NC3=O)C4=O)C2)CC1. The maximum Gasteiger partial charge on any atom is 0.262 e. The van der Waals surface area contributed by atoms with Gasteiger partial charge in [-0.15, -0.1) is 0 Å². The largest absolute Gasteiger partial charge is 0.457 e. The van der Waals surface area contributed by atoms with Gasteiger partial charge in [-0.2, -0.15) is 0 Å². The molecule has 3 saturated heterocycles. The van der Waals surface area contributed by atoms with E-state index in [0.29, 0.717) is 34.2 Å². The van der Waals surface area contributed by atoms with E-state index in [9.17, 15) is 19.2 Å². The van der Waals surface area contributed by atoms with Crippen LogP contribution in [0.5, 0.6) is 11.5 Å². The molecule has 14 heteroatoms. The molecule has 276 valence electrons. The second-order valence-corrected chi connectivity index (χ2v) is 14.3. The second-order valence-electron chi connectivity index (χ2n) is 14.3. The maximum atomic E-state index is 13.3. The van der Waals surface area contributed by atoms with Crippen molar-refractivity contribution in [3.63, 3.8) is 0 Å². The van der Waals surface area contributed by atoms with E-state index in [0.717, 1.165) is 68.3 Å². The van der Waals surface area contributed by atoms with Crippen molar-refractivity contribution < 1.29 is 23.9 Å². The Labute approximate surface area is 312 Å². The summed E-state index contributed by atoms with van der Waals surface area (Å²) in [6.07, 6.45) is 4.47. The van der Waals surface area contributed by atoms with Crippen LogP contribution in [0.2, 0.25) is 0 Å². The summed E-state index contributed by atoms with van der Waals surface area (Å²) in [4.78, 5) is 65.0. The minimum absolute atomic E-state index is 0.0879. The average Bonchev–Trinajstić information content (AvgIpc) is 3.74. The van der Waals surface area contributed by atoms with Gasteiger partial charge in [0.25, 0.3) is 11.8 Å². The van der Waals surface area contributed by atoms with E-state index in [1.165, 1.54) is 6.33 Å². The Bertz CT molecular complexity index is 2120. The summed E-state index contributed by atoms with van der Waals surface area (Å²) >= 11 is 0. The van der Waals surface area contributed by atoms with Crippen molar-refractivity contribution in [2.24, 2.45) is 5.92 Å². The third-order valence-electron chi connectivity index (χ3n) is 10.8. The Morgan fingerprint density at radius 1 is 0.870 bits per heavy atom. The lowest BCUT2D eigenvalue weighted by Gasteiger charge is -2.34. The van der Waals surface area contributed by atoms with E-state index in [-0.39, 0.29) is 36.0 Å². The number of nitrogen functional groups attached to an aromatic ring is 1. The van der Waals surface area contributed by atoms with E-state index in [4.69, 9.17) is 15.9 Å². The summed E-state index contributed by atoms with van der Waals surface area (Å²) in [7, 11) is 0. The molecule has 0 saturated carbocycles. The highest BCUT2D eigenvalue weighted by Crippen LogP contribution is 2.33. The van der Waals surface area contributed by atoms with Crippen molar-refractivity contribution in [2.45, 2.75) is 44.2 Å². The van der Waals surface area contributed by atoms with Gasteiger partial charge in [0.05, 0.1) is 22.4 Å². The second kappa shape index (κ2) is 14.7. The number of anilines is 3. The third kappa shape index (κ3) is 6.99. The van der Waals surface area contributed by atoms with Crippen LogP contribution in [-0.4, -0.2) is 93.9 Å². The molecule has 0 spiro atoms. The molecule has 5 N–H and O–H groups in total. The number of carbonyl (C=O) groups excluding carboxylic acids is 4. The van der Waals surface area contributed by atoms with Crippen LogP contribution in [0.15, 0.2) is 79.1 Å². The molecule has 0 radical (unpaired) electrons. The van der Waals surface area contributed by atoms with Gasteiger partial charge in [0.15, 0.2) is 0 Å². The van der Waals surface area contributed by atoms with Gasteiger partial charge in [0.2, 0.25) is 11.8 Å². The lowest BCUT2D eigenvalue weighted by atomic mass is 10.00. The minimum Gasteiger partial charge on any atom is -0.457 e. The Balaban J connectivity index is 0.844. The van der Waals surface area contributed by atoms with Crippen LogP contribution in [0.4, 0.5) is 17.3 Å². The molecule has 0 aliphatic carbocycles. The Morgan fingerprint density at radius 3 is 2.37 bits per heavy atom. The number of ether oxygens (including phenoxy) is 1. The van der Waals surface area contributed by atoms with E-state index >= 15 is 0 Å². The van der Waals surface area contributed by atoms with E-state index in [2.05, 4.69) is 30.4 Å². The number of hydrogen-bond acceptors (Lipinski definition) is 12. The van der Waals surface area contributed by atoms with Crippen LogP contribution in [0.1, 0.15) is 63.9 Å². The number of benzene rings is 3. The molecule has 8 rings (SSSR count). The van der Waals surface area contributed by atoms with Crippen LogP contribution < -0.4 is 26.0 Å². The molecule has 3 aromatic carbocycles. The van der Waals surface area contributed by atoms with E-state index in [1.54, 1.807) is 12.1 Å². The number of hydrogen-bond donors (Lipinski definition) is 4. The lowest BCUT2D eigenvalue weighted by Crippen LogP contribution is -2.54. The van der Waals surface area contributed by atoms with Gasteiger partial charge < -0.3 is 25.6 Å². The summed E-state index contributed by atoms with van der Waals surface area (Å²) < 4.78 is 5.91. The smallest absolute Gasteiger partial charge is 0.262 e. The van der Waals surface area contributed by atoms with Gasteiger partial charge in [-0.1, -0.05) is 18.2 Å². The monoisotopic (exact) mass is 727 g/mol. The number of nitrogens with one attached hydrogen (secondary N) is 3. The molecule has 4 aliphatic heterocycles. The number of likely N-dealkylation sites (tertiary alicyclic amines) is 1. The molecular formula is C40H41N9O5. The molecule has 14 nitrogen and oxygen atoms in total. The fourth-order valence-electron chi connectivity index (χ4n) is 7.90. The number of nitrogens with zero attached hydrogens (tertiary/aromatic N) is 5. The molecular weight excluding hydrogens is 686 g/mol. The Hall–Kier alpha value is -6.15. The van der Waals surface area contributed by atoms with Crippen molar-refractivity contribution >= 4 is 46.7 Å². The van der Waals surface area contributed by atoms with Crippen LogP contribution in [0, 0.1) is 11.3 Å². The first-order valence-corrected chi connectivity index (χ1v) is 18.3. The molecule has 4 aromatic rings. The van der Waals surface area contributed by atoms with Gasteiger partial charge in [-0.3, -0.25) is 34.8 Å². The zero-order valence-corrected chi connectivity index (χ0v) is 29.7. The van der Waals surface area contributed by atoms with Crippen molar-refractivity contribution in [3.8, 4) is 11.5 Å². The van der Waals surface area contributed by atoms with E-state index in [1.807, 2.05) is 60.7 Å². The van der Waals surface area contributed by atoms with Gasteiger partial charge in [-0.05, 0) is 86.2 Å². The molecule has 5 heterocycles. The number of imide groups is 2. The molecule has 54 heavy (non-hydrogen) atoms. The zero-order chi connectivity index (χ0) is 37.3. The highest BCUT2D eigenvalue weighted by atomic mass is 16.5. The number of amides is 4. The van der Waals surface area contributed by atoms with Crippen LogP contribution in [-0.2, 0) is 9.59 Å². The summed E-state index contributed by atoms with van der Waals surface area (Å²) in [6.45, 7) is 4.45. The molecule has 3 fully saturated rings. The van der Waals surface area contributed by atoms with Crippen LogP contribution in [0.25, 0.3) is 0 Å². The van der Waals surface area contributed by atoms with E-state index < -0.39 is 29.7 Å². The minimum atomic E-state index is -0.978.